The number of rotatable bonds is 8. The maximum absolute atomic E-state index is 13.7. The van der Waals surface area contributed by atoms with E-state index in [2.05, 4.69) is 6.92 Å². The van der Waals surface area contributed by atoms with Gasteiger partial charge in [0.2, 0.25) is 0 Å². The molecule has 0 saturated heterocycles. The van der Waals surface area contributed by atoms with E-state index >= 15 is 0 Å². The lowest BCUT2D eigenvalue weighted by molar-refractivity contribution is 0.108. The summed E-state index contributed by atoms with van der Waals surface area (Å²) in [5.41, 5.74) is 0.141. The number of halogens is 2. The van der Waals surface area contributed by atoms with E-state index in [-0.39, 0.29) is 17.4 Å². The highest BCUT2D eigenvalue weighted by Crippen LogP contribution is 2.21. The van der Waals surface area contributed by atoms with Crippen LogP contribution in [0.4, 0.5) is 4.39 Å². The molecule has 0 radical (unpaired) electrons. The van der Waals surface area contributed by atoms with Crippen LogP contribution in [-0.2, 0) is 0 Å². The SMILES string of the molecule is CCCCCCC(C)Oc1ccc(C(=O)Cl)cc1F. The van der Waals surface area contributed by atoms with Crippen molar-refractivity contribution < 1.29 is 13.9 Å². The predicted molar refractivity (Wildman–Crippen MR) is 75.4 cm³/mol. The second-order valence-corrected chi connectivity index (χ2v) is 5.04. The van der Waals surface area contributed by atoms with Crippen molar-refractivity contribution in [2.75, 3.05) is 0 Å². The molecular formula is C15H20ClFO2. The molecule has 4 heteroatoms. The molecule has 1 unspecified atom stereocenters. The van der Waals surface area contributed by atoms with E-state index in [9.17, 15) is 9.18 Å². The van der Waals surface area contributed by atoms with Gasteiger partial charge in [0.15, 0.2) is 11.6 Å². The monoisotopic (exact) mass is 286 g/mol. The van der Waals surface area contributed by atoms with E-state index in [0.717, 1.165) is 18.9 Å². The first-order chi connectivity index (χ1) is 9.04. The third kappa shape index (κ3) is 5.60. The molecule has 0 aliphatic heterocycles. The molecule has 1 aromatic carbocycles. The molecule has 0 aliphatic rings. The van der Waals surface area contributed by atoms with Crippen molar-refractivity contribution in [1.82, 2.24) is 0 Å². The standard InChI is InChI=1S/C15H20ClFO2/c1-3-4-5-6-7-11(2)19-14-9-8-12(15(16)18)10-13(14)17/h8-11H,3-7H2,1-2H3. The lowest BCUT2D eigenvalue weighted by atomic mass is 10.1. The van der Waals surface area contributed by atoms with Gasteiger partial charge in [-0.05, 0) is 49.6 Å². The zero-order chi connectivity index (χ0) is 14.3. The Labute approximate surface area is 118 Å². The number of unbranched alkanes of at least 4 members (excludes halogenated alkanes) is 3. The van der Waals surface area contributed by atoms with Gasteiger partial charge in [0.25, 0.3) is 5.24 Å². The maximum atomic E-state index is 13.7. The Balaban J connectivity index is 2.50. The molecule has 0 aliphatic carbocycles. The molecule has 106 valence electrons. The molecule has 1 rings (SSSR count). The largest absolute Gasteiger partial charge is 0.488 e. The summed E-state index contributed by atoms with van der Waals surface area (Å²) >= 11 is 5.29. The Morgan fingerprint density at radius 3 is 2.68 bits per heavy atom. The van der Waals surface area contributed by atoms with Gasteiger partial charge in [-0.2, -0.15) is 0 Å². The van der Waals surface area contributed by atoms with Crippen LogP contribution in [0, 0.1) is 5.82 Å². The molecule has 0 heterocycles. The van der Waals surface area contributed by atoms with Crippen molar-refractivity contribution in [3.63, 3.8) is 0 Å². The zero-order valence-electron chi connectivity index (χ0n) is 11.4. The summed E-state index contributed by atoms with van der Waals surface area (Å²) in [4.78, 5) is 10.9. The van der Waals surface area contributed by atoms with Crippen LogP contribution in [-0.4, -0.2) is 11.3 Å². The van der Waals surface area contributed by atoms with Crippen molar-refractivity contribution >= 4 is 16.8 Å². The normalized spacial score (nSPS) is 12.2. The lowest BCUT2D eigenvalue weighted by Crippen LogP contribution is -2.12. The fourth-order valence-electron chi connectivity index (χ4n) is 1.85. The predicted octanol–water partition coefficient (Wildman–Crippen LogP) is 4.94. The number of carbonyl (C=O) groups excluding carboxylic acids is 1. The van der Waals surface area contributed by atoms with Gasteiger partial charge in [0, 0.05) is 5.56 Å². The first-order valence-corrected chi connectivity index (χ1v) is 7.08. The van der Waals surface area contributed by atoms with E-state index in [0.29, 0.717) is 0 Å². The Hall–Kier alpha value is -1.09. The van der Waals surface area contributed by atoms with Crippen LogP contribution in [0.2, 0.25) is 0 Å². The molecule has 2 nitrogen and oxygen atoms in total. The minimum atomic E-state index is -0.668. The van der Waals surface area contributed by atoms with Crippen LogP contribution < -0.4 is 4.74 Å². The van der Waals surface area contributed by atoms with Crippen LogP contribution in [0.1, 0.15) is 56.3 Å². The summed E-state index contributed by atoms with van der Waals surface area (Å²) in [6.07, 6.45) is 5.52. The number of ether oxygens (including phenoxy) is 1. The fraction of sp³-hybridized carbons (Fsp3) is 0.533. The molecule has 0 amide bonds. The highest BCUT2D eigenvalue weighted by atomic mass is 35.5. The Bertz CT molecular complexity index is 421. The molecule has 0 spiro atoms. The Morgan fingerprint density at radius 2 is 2.11 bits per heavy atom. The third-order valence-corrected chi connectivity index (χ3v) is 3.17. The number of benzene rings is 1. The smallest absolute Gasteiger partial charge is 0.252 e. The minimum absolute atomic E-state index is 0.0380. The van der Waals surface area contributed by atoms with E-state index < -0.39 is 11.1 Å². The van der Waals surface area contributed by atoms with Gasteiger partial charge < -0.3 is 4.74 Å². The highest BCUT2D eigenvalue weighted by molar-refractivity contribution is 6.67. The molecule has 1 atom stereocenters. The molecule has 19 heavy (non-hydrogen) atoms. The van der Waals surface area contributed by atoms with Gasteiger partial charge in [0.05, 0.1) is 6.10 Å². The van der Waals surface area contributed by atoms with Crippen LogP contribution in [0.25, 0.3) is 0 Å². The fourth-order valence-corrected chi connectivity index (χ4v) is 1.97. The van der Waals surface area contributed by atoms with Gasteiger partial charge in [-0.3, -0.25) is 4.79 Å². The van der Waals surface area contributed by atoms with Gasteiger partial charge >= 0.3 is 0 Å². The highest BCUT2D eigenvalue weighted by Gasteiger charge is 2.11. The Morgan fingerprint density at radius 1 is 1.37 bits per heavy atom. The summed E-state index contributed by atoms with van der Waals surface area (Å²) < 4.78 is 19.2. The van der Waals surface area contributed by atoms with Gasteiger partial charge in [0.1, 0.15) is 0 Å². The zero-order valence-corrected chi connectivity index (χ0v) is 12.2. The number of hydrogen-bond donors (Lipinski definition) is 0. The van der Waals surface area contributed by atoms with Gasteiger partial charge in [-0.1, -0.05) is 26.2 Å². The topological polar surface area (TPSA) is 26.3 Å². The number of hydrogen-bond acceptors (Lipinski definition) is 2. The average molecular weight is 287 g/mol. The third-order valence-electron chi connectivity index (χ3n) is 2.95. The van der Waals surface area contributed by atoms with Crippen molar-refractivity contribution in [3.8, 4) is 5.75 Å². The molecule has 0 N–H and O–H groups in total. The van der Waals surface area contributed by atoms with Crippen LogP contribution in [0.3, 0.4) is 0 Å². The van der Waals surface area contributed by atoms with Gasteiger partial charge in [-0.15, -0.1) is 0 Å². The van der Waals surface area contributed by atoms with Crippen molar-refractivity contribution in [2.45, 2.75) is 52.1 Å². The average Bonchev–Trinajstić information content (AvgIpc) is 2.37. The van der Waals surface area contributed by atoms with E-state index in [4.69, 9.17) is 16.3 Å². The van der Waals surface area contributed by atoms with Crippen LogP contribution in [0.5, 0.6) is 5.75 Å². The van der Waals surface area contributed by atoms with Crippen molar-refractivity contribution in [2.24, 2.45) is 0 Å². The Kier molecular flexibility index (Phi) is 6.85. The summed E-state index contributed by atoms with van der Waals surface area (Å²) in [5.74, 6) is -0.378. The van der Waals surface area contributed by atoms with E-state index in [1.807, 2.05) is 6.92 Å². The quantitative estimate of drug-likeness (QED) is 0.500. The molecular weight excluding hydrogens is 267 g/mol. The van der Waals surface area contributed by atoms with Crippen LogP contribution >= 0.6 is 11.6 Å². The number of carbonyl (C=O) groups is 1. The summed E-state index contributed by atoms with van der Waals surface area (Å²) in [5, 5.41) is -0.668. The molecule has 1 aromatic rings. The van der Waals surface area contributed by atoms with Crippen molar-refractivity contribution in [1.29, 1.82) is 0 Å². The first kappa shape index (κ1) is 16.0. The lowest BCUT2D eigenvalue weighted by Gasteiger charge is -2.15. The maximum Gasteiger partial charge on any atom is 0.252 e. The molecule has 0 saturated carbocycles. The second-order valence-electron chi connectivity index (χ2n) is 4.70. The summed E-state index contributed by atoms with van der Waals surface area (Å²) in [7, 11) is 0. The second kappa shape index (κ2) is 8.16. The summed E-state index contributed by atoms with van der Waals surface area (Å²) in [6.45, 7) is 4.08. The van der Waals surface area contributed by atoms with Crippen LogP contribution in [0.15, 0.2) is 18.2 Å². The molecule has 0 bridgehead atoms. The van der Waals surface area contributed by atoms with E-state index in [1.165, 1.54) is 31.4 Å². The van der Waals surface area contributed by atoms with Gasteiger partial charge in [-0.25, -0.2) is 4.39 Å². The summed E-state index contributed by atoms with van der Waals surface area (Å²) in [6, 6.07) is 4.03. The molecule has 0 fully saturated rings. The molecule has 0 aromatic heterocycles. The first-order valence-electron chi connectivity index (χ1n) is 6.70. The van der Waals surface area contributed by atoms with Crippen molar-refractivity contribution in [3.05, 3.63) is 29.6 Å². The minimum Gasteiger partial charge on any atom is -0.488 e. The van der Waals surface area contributed by atoms with E-state index in [1.54, 1.807) is 0 Å².